The average Bonchev–Trinajstić information content (AvgIpc) is 2.40. The van der Waals surface area contributed by atoms with E-state index in [-0.39, 0.29) is 16.6 Å². The SMILES string of the molecule is N#CCc1ccc2cc(Br)c(OP(=O)(O)C(F)F)cc2c1. The van der Waals surface area contributed by atoms with Gasteiger partial charge < -0.3 is 9.42 Å². The number of benzene rings is 2. The molecule has 0 aromatic heterocycles. The molecule has 0 radical (unpaired) electrons. The molecule has 0 bridgehead atoms. The molecular formula is C13H9BrF2NO3P. The summed E-state index contributed by atoms with van der Waals surface area (Å²) in [6.07, 6.45) is -3.28. The zero-order valence-corrected chi connectivity index (χ0v) is 12.9. The van der Waals surface area contributed by atoms with E-state index in [9.17, 15) is 13.3 Å². The van der Waals surface area contributed by atoms with Crippen LogP contribution in [0.5, 0.6) is 5.75 Å². The molecule has 0 aliphatic carbocycles. The fraction of sp³-hybridized carbons (Fsp3) is 0.154. The van der Waals surface area contributed by atoms with Crippen LogP contribution in [0.15, 0.2) is 34.8 Å². The quantitative estimate of drug-likeness (QED) is 0.801. The monoisotopic (exact) mass is 375 g/mol. The van der Waals surface area contributed by atoms with E-state index < -0.39 is 13.8 Å². The van der Waals surface area contributed by atoms with E-state index in [0.717, 1.165) is 10.9 Å². The number of nitriles is 1. The van der Waals surface area contributed by atoms with Gasteiger partial charge >= 0.3 is 13.8 Å². The predicted molar refractivity (Wildman–Crippen MR) is 77.4 cm³/mol. The van der Waals surface area contributed by atoms with Crippen LogP contribution in [0.2, 0.25) is 0 Å². The van der Waals surface area contributed by atoms with Crippen molar-refractivity contribution in [2.24, 2.45) is 0 Å². The Morgan fingerprint density at radius 1 is 1.33 bits per heavy atom. The zero-order chi connectivity index (χ0) is 15.6. The molecule has 1 unspecified atom stereocenters. The van der Waals surface area contributed by atoms with Crippen LogP contribution in [0.1, 0.15) is 5.56 Å². The molecule has 0 aliphatic rings. The maximum atomic E-state index is 12.4. The van der Waals surface area contributed by atoms with Gasteiger partial charge in [-0.3, -0.25) is 0 Å². The Kier molecular flexibility index (Phi) is 4.62. The number of alkyl halides is 2. The Balaban J connectivity index is 2.47. The zero-order valence-electron chi connectivity index (χ0n) is 10.5. The van der Waals surface area contributed by atoms with Crippen molar-refractivity contribution in [3.05, 3.63) is 40.4 Å². The normalized spacial score (nSPS) is 13.9. The summed E-state index contributed by atoms with van der Waals surface area (Å²) in [6.45, 7) is 0. The molecule has 0 spiro atoms. The first kappa shape index (κ1) is 15.9. The lowest BCUT2D eigenvalue weighted by atomic mass is 10.1. The van der Waals surface area contributed by atoms with Crippen molar-refractivity contribution in [3.8, 4) is 11.8 Å². The molecule has 2 aromatic rings. The number of hydrogen-bond donors (Lipinski definition) is 1. The van der Waals surface area contributed by atoms with E-state index in [0.29, 0.717) is 5.39 Å². The third-order valence-electron chi connectivity index (χ3n) is 2.71. The second kappa shape index (κ2) is 6.10. The Hall–Kier alpha value is -1.48. The van der Waals surface area contributed by atoms with Gasteiger partial charge in [-0.05, 0) is 50.5 Å². The minimum atomic E-state index is -5.03. The molecule has 0 amide bonds. The number of hydrogen-bond acceptors (Lipinski definition) is 3. The molecule has 2 aromatic carbocycles. The van der Waals surface area contributed by atoms with Gasteiger partial charge in [0.2, 0.25) is 0 Å². The first-order chi connectivity index (χ1) is 9.83. The first-order valence-corrected chi connectivity index (χ1v) is 8.17. The first-order valence-electron chi connectivity index (χ1n) is 5.73. The van der Waals surface area contributed by atoms with E-state index in [4.69, 9.17) is 10.2 Å². The van der Waals surface area contributed by atoms with Crippen LogP contribution in [0.4, 0.5) is 8.78 Å². The van der Waals surface area contributed by atoms with Crippen LogP contribution in [0, 0.1) is 11.3 Å². The summed E-state index contributed by atoms with van der Waals surface area (Å²) in [5.41, 5.74) is 0.749. The lowest BCUT2D eigenvalue weighted by Gasteiger charge is -2.14. The van der Waals surface area contributed by atoms with Gasteiger partial charge in [0.1, 0.15) is 5.75 Å². The lowest BCUT2D eigenvalue weighted by Crippen LogP contribution is -2.01. The average molecular weight is 376 g/mol. The fourth-order valence-electron chi connectivity index (χ4n) is 1.75. The van der Waals surface area contributed by atoms with Crippen LogP contribution >= 0.6 is 23.5 Å². The van der Waals surface area contributed by atoms with E-state index >= 15 is 0 Å². The Labute approximate surface area is 127 Å². The van der Waals surface area contributed by atoms with Crippen molar-refractivity contribution in [1.82, 2.24) is 0 Å². The molecular weight excluding hydrogens is 367 g/mol. The summed E-state index contributed by atoms with van der Waals surface area (Å²) in [5, 5.41) is 10.1. The van der Waals surface area contributed by atoms with Gasteiger partial charge in [-0.1, -0.05) is 12.1 Å². The van der Waals surface area contributed by atoms with Gasteiger partial charge in [0.25, 0.3) is 0 Å². The standard InChI is InChI=1S/C13H9BrF2NO3P/c14-11-6-9-2-1-8(3-4-17)5-10(9)7-12(11)20-21(18,19)13(15)16/h1-2,5-7,13H,3H2,(H,18,19). The molecule has 0 fully saturated rings. The van der Waals surface area contributed by atoms with Crippen LogP contribution in [-0.4, -0.2) is 11.1 Å². The maximum Gasteiger partial charge on any atom is 0.442 e. The Morgan fingerprint density at radius 2 is 2.05 bits per heavy atom. The smallest absolute Gasteiger partial charge is 0.420 e. The summed E-state index contributed by atoms with van der Waals surface area (Å²) >= 11 is 3.11. The van der Waals surface area contributed by atoms with Gasteiger partial charge in [-0.25, -0.2) is 4.57 Å². The van der Waals surface area contributed by atoms with Crippen molar-refractivity contribution < 1.29 is 22.8 Å². The highest BCUT2D eigenvalue weighted by Gasteiger charge is 2.34. The Bertz CT molecular complexity index is 776. The molecule has 0 heterocycles. The minimum Gasteiger partial charge on any atom is -0.420 e. The van der Waals surface area contributed by atoms with E-state index in [1.807, 2.05) is 6.07 Å². The number of rotatable bonds is 4. The highest BCUT2D eigenvalue weighted by molar-refractivity contribution is 9.10. The topological polar surface area (TPSA) is 70.3 Å². The highest BCUT2D eigenvalue weighted by atomic mass is 79.9. The second-order valence-electron chi connectivity index (χ2n) is 4.23. The van der Waals surface area contributed by atoms with Gasteiger partial charge in [-0.15, -0.1) is 0 Å². The van der Waals surface area contributed by atoms with Crippen LogP contribution in [-0.2, 0) is 11.0 Å². The second-order valence-corrected chi connectivity index (χ2v) is 6.79. The molecule has 4 nitrogen and oxygen atoms in total. The predicted octanol–water partition coefficient (Wildman–Crippen LogP) is 4.46. The fourth-order valence-corrected chi connectivity index (χ4v) is 2.83. The third kappa shape index (κ3) is 3.59. The molecule has 110 valence electrons. The summed E-state index contributed by atoms with van der Waals surface area (Å²) < 4.78 is 40.9. The summed E-state index contributed by atoms with van der Waals surface area (Å²) in [7, 11) is -5.03. The molecule has 8 heteroatoms. The van der Waals surface area contributed by atoms with Gasteiger partial charge in [0, 0.05) is 0 Å². The highest BCUT2D eigenvalue weighted by Crippen LogP contribution is 2.50. The molecule has 0 aliphatic heterocycles. The van der Waals surface area contributed by atoms with Crippen LogP contribution < -0.4 is 4.52 Å². The van der Waals surface area contributed by atoms with Crippen molar-refractivity contribution in [2.45, 2.75) is 12.6 Å². The molecule has 1 N–H and O–H groups in total. The number of halogens is 3. The van der Waals surface area contributed by atoms with E-state index in [1.165, 1.54) is 6.07 Å². The third-order valence-corrected chi connectivity index (χ3v) is 4.29. The van der Waals surface area contributed by atoms with Gasteiger partial charge in [-0.2, -0.15) is 14.0 Å². The van der Waals surface area contributed by atoms with Crippen LogP contribution in [0.25, 0.3) is 10.8 Å². The molecule has 0 saturated carbocycles. The van der Waals surface area contributed by atoms with Crippen molar-refractivity contribution in [1.29, 1.82) is 5.26 Å². The van der Waals surface area contributed by atoms with E-state index in [1.54, 1.807) is 24.3 Å². The number of fused-ring (bicyclic) bond motifs is 1. The largest absolute Gasteiger partial charge is 0.442 e. The Morgan fingerprint density at radius 3 is 2.67 bits per heavy atom. The van der Waals surface area contributed by atoms with Crippen molar-refractivity contribution >= 4 is 34.3 Å². The number of nitrogens with zero attached hydrogens (tertiary/aromatic N) is 1. The van der Waals surface area contributed by atoms with Crippen LogP contribution in [0.3, 0.4) is 0 Å². The molecule has 1 atom stereocenters. The molecule has 21 heavy (non-hydrogen) atoms. The summed E-state index contributed by atoms with van der Waals surface area (Å²) in [4.78, 5) is 9.10. The van der Waals surface area contributed by atoms with Crippen molar-refractivity contribution in [3.63, 3.8) is 0 Å². The lowest BCUT2D eigenvalue weighted by molar-refractivity contribution is 0.188. The maximum absolute atomic E-state index is 12.4. The van der Waals surface area contributed by atoms with Gasteiger partial charge in [0.15, 0.2) is 0 Å². The van der Waals surface area contributed by atoms with E-state index in [2.05, 4.69) is 20.5 Å². The molecule has 0 saturated heterocycles. The van der Waals surface area contributed by atoms with Gasteiger partial charge in [0.05, 0.1) is 17.0 Å². The molecule has 2 rings (SSSR count). The van der Waals surface area contributed by atoms with Crippen molar-refractivity contribution in [2.75, 3.05) is 0 Å². The minimum absolute atomic E-state index is 0.150. The summed E-state index contributed by atoms with van der Waals surface area (Å²) in [6, 6.07) is 10.2. The summed E-state index contributed by atoms with van der Waals surface area (Å²) in [5.74, 6) is -0.150.